The Kier molecular flexibility index (Phi) is 9.21. The second-order valence-electron chi connectivity index (χ2n) is 7.19. The van der Waals surface area contributed by atoms with Gasteiger partial charge in [-0.15, -0.1) is 0 Å². The predicted molar refractivity (Wildman–Crippen MR) is 117 cm³/mol. The van der Waals surface area contributed by atoms with Crippen LogP contribution in [-0.2, 0) is 17.9 Å². The third-order valence-electron chi connectivity index (χ3n) is 5.00. The van der Waals surface area contributed by atoms with Crippen molar-refractivity contribution in [3.8, 4) is 11.5 Å². The van der Waals surface area contributed by atoms with Crippen LogP contribution in [0.3, 0.4) is 0 Å². The zero-order valence-corrected chi connectivity index (χ0v) is 18.2. The molecule has 0 bridgehead atoms. The minimum Gasteiger partial charge on any atom is -0.490 e. The summed E-state index contributed by atoms with van der Waals surface area (Å²) in [4.78, 5) is 2.44. The summed E-state index contributed by atoms with van der Waals surface area (Å²) in [5.41, 5.74) is 1.45. The highest BCUT2D eigenvalue weighted by Gasteiger charge is 2.12. The first-order chi connectivity index (χ1) is 14.7. The second kappa shape index (κ2) is 12.1. The van der Waals surface area contributed by atoms with Crippen LogP contribution in [0.1, 0.15) is 24.5 Å². The standard InChI is InChI=1S/C23H30ClFN2O3/c1-2-29-23-15-18(16-26-9-4-10-27-11-13-28-14-12-27)7-8-22(23)30-17-19-20(24)5-3-6-21(19)25/h3,5-8,15,26H,2,4,9-14,16-17H2,1H3. The van der Waals surface area contributed by atoms with E-state index in [-0.39, 0.29) is 12.4 Å². The fourth-order valence-electron chi connectivity index (χ4n) is 3.36. The number of morpholine rings is 1. The van der Waals surface area contributed by atoms with Gasteiger partial charge in [-0.1, -0.05) is 23.7 Å². The number of benzene rings is 2. The fourth-order valence-corrected chi connectivity index (χ4v) is 3.57. The molecule has 2 aromatic carbocycles. The number of hydrogen-bond donors (Lipinski definition) is 1. The second-order valence-corrected chi connectivity index (χ2v) is 7.59. The van der Waals surface area contributed by atoms with E-state index in [1.54, 1.807) is 12.1 Å². The summed E-state index contributed by atoms with van der Waals surface area (Å²) in [6.45, 7) is 9.01. The summed E-state index contributed by atoms with van der Waals surface area (Å²) in [6.07, 6.45) is 1.10. The number of rotatable bonds is 11. The minimum absolute atomic E-state index is 0.0463. The molecule has 0 amide bonds. The van der Waals surface area contributed by atoms with Crippen LogP contribution in [0.4, 0.5) is 4.39 Å². The molecule has 1 N–H and O–H groups in total. The highest BCUT2D eigenvalue weighted by Crippen LogP contribution is 2.30. The molecule has 0 aliphatic carbocycles. The van der Waals surface area contributed by atoms with Crippen molar-refractivity contribution in [3.05, 3.63) is 58.4 Å². The number of halogens is 2. The molecule has 1 aliphatic rings. The number of nitrogens with one attached hydrogen (secondary N) is 1. The quantitative estimate of drug-likeness (QED) is 0.533. The Balaban J connectivity index is 1.50. The Morgan fingerprint density at radius 3 is 2.73 bits per heavy atom. The summed E-state index contributed by atoms with van der Waals surface area (Å²) >= 11 is 6.09. The van der Waals surface area contributed by atoms with Crippen LogP contribution < -0.4 is 14.8 Å². The summed E-state index contributed by atoms with van der Waals surface area (Å²) in [5, 5.41) is 3.83. The lowest BCUT2D eigenvalue weighted by Crippen LogP contribution is -2.37. The van der Waals surface area contributed by atoms with Crippen molar-refractivity contribution in [3.63, 3.8) is 0 Å². The van der Waals surface area contributed by atoms with E-state index in [0.29, 0.717) is 28.7 Å². The molecule has 7 heteroatoms. The molecule has 0 atom stereocenters. The van der Waals surface area contributed by atoms with Crippen LogP contribution in [0, 0.1) is 5.82 Å². The summed E-state index contributed by atoms with van der Waals surface area (Å²) < 4.78 is 30.9. The van der Waals surface area contributed by atoms with Crippen molar-refractivity contribution >= 4 is 11.6 Å². The number of hydrogen-bond acceptors (Lipinski definition) is 5. The first-order valence-electron chi connectivity index (χ1n) is 10.5. The third-order valence-corrected chi connectivity index (χ3v) is 5.36. The van der Waals surface area contributed by atoms with Crippen molar-refractivity contribution in [1.29, 1.82) is 0 Å². The molecule has 0 radical (unpaired) electrons. The zero-order chi connectivity index (χ0) is 21.2. The molecule has 164 valence electrons. The summed E-state index contributed by atoms with van der Waals surface area (Å²) in [6, 6.07) is 10.4. The molecule has 1 aliphatic heterocycles. The Morgan fingerprint density at radius 1 is 1.13 bits per heavy atom. The molecule has 3 rings (SSSR count). The van der Waals surface area contributed by atoms with E-state index in [4.69, 9.17) is 25.8 Å². The van der Waals surface area contributed by atoms with Gasteiger partial charge in [-0.3, -0.25) is 4.90 Å². The Hall–Kier alpha value is -1.86. The molecule has 0 aromatic heterocycles. The van der Waals surface area contributed by atoms with E-state index in [9.17, 15) is 4.39 Å². The largest absolute Gasteiger partial charge is 0.490 e. The fraction of sp³-hybridized carbons (Fsp3) is 0.478. The van der Waals surface area contributed by atoms with Gasteiger partial charge in [-0.25, -0.2) is 4.39 Å². The molecule has 0 saturated carbocycles. The Bertz CT molecular complexity index is 780. The van der Waals surface area contributed by atoms with E-state index < -0.39 is 0 Å². The van der Waals surface area contributed by atoms with Crippen LogP contribution in [0.5, 0.6) is 11.5 Å². The molecule has 0 spiro atoms. The SMILES string of the molecule is CCOc1cc(CNCCCN2CCOCC2)ccc1OCc1c(F)cccc1Cl. The molecule has 0 unspecified atom stereocenters. The number of nitrogens with zero attached hydrogens (tertiary/aromatic N) is 1. The lowest BCUT2D eigenvalue weighted by molar-refractivity contribution is 0.0374. The lowest BCUT2D eigenvalue weighted by atomic mass is 10.2. The van der Waals surface area contributed by atoms with Crippen molar-refractivity contribution < 1.29 is 18.6 Å². The van der Waals surface area contributed by atoms with E-state index in [0.717, 1.165) is 57.9 Å². The maximum atomic E-state index is 14.0. The highest BCUT2D eigenvalue weighted by atomic mass is 35.5. The van der Waals surface area contributed by atoms with Crippen molar-refractivity contribution in [2.45, 2.75) is 26.5 Å². The van der Waals surface area contributed by atoms with Crippen LogP contribution in [0.2, 0.25) is 5.02 Å². The van der Waals surface area contributed by atoms with Crippen molar-refractivity contribution in [2.75, 3.05) is 46.0 Å². The van der Waals surface area contributed by atoms with Gasteiger partial charge in [0.2, 0.25) is 0 Å². The summed E-state index contributed by atoms with van der Waals surface area (Å²) in [7, 11) is 0. The molecule has 2 aromatic rings. The molecule has 1 fully saturated rings. The number of ether oxygens (including phenoxy) is 3. The average Bonchev–Trinajstić information content (AvgIpc) is 2.75. The Morgan fingerprint density at radius 2 is 1.97 bits per heavy atom. The lowest BCUT2D eigenvalue weighted by Gasteiger charge is -2.26. The van der Waals surface area contributed by atoms with Crippen LogP contribution in [0.15, 0.2) is 36.4 Å². The van der Waals surface area contributed by atoms with Gasteiger partial charge < -0.3 is 19.5 Å². The van der Waals surface area contributed by atoms with Crippen LogP contribution in [0.25, 0.3) is 0 Å². The first kappa shape index (κ1) is 22.8. The maximum Gasteiger partial charge on any atom is 0.161 e. The van der Waals surface area contributed by atoms with Gasteiger partial charge >= 0.3 is 0 Å². The molecule has 30 heavy (non-hydrogen) atoms. The molecular weight excluding hydrogens is 407 g/mol. The molecular formula is C23H30ClFN2O3. The van der Waals surface area contributed by atoms with E-state index in [2.05, 4.69) is 10.2 Å². The van der Waals surface area contributed by atoms with E-state index in [1.807, 2.05) is 25.1 Å². The van der Waals surface area contributed by atoms with Crippen LogP contribution >= 0.6 is 11.6 Å². The van der Waals surface area contributed by atoms with Crippen LogP contribution in [-0.4, -0.2) is 50.9 Å². The van der Waals surface area contributed by atoms with Gasteiger partial charge in [-0.2, -0.15) is 0 Å². The zero-order valence-electron chi connectivity index (χ0n) is 17.5. The van der Waals surface area contributed by atoms with Gasteiger partial charge in [0.15, 0.2) is 11.5 Å². The predicted octanol–water partition coefficient (Wildman–Crippen LogP) is 4.27. The van der Waals surface area contributed by atoms with Gasteiger partial charge in [0, 0.05) is 25.2 Å². The Labute approximate surface area is 183 Å². The minimum atomic E-state index is -0.377. The van der Waals surface area contributed by atoms with Gasteiger partial charge in [0.25, 0.3) is 0 Å². The van der Waals surface area contributed by atoms with E-state index >= 15 is 0 Å². The smallest absolute Gasteiger partial charge is 0.161 e. The third kappa shape index (κ3) is 6.84. The van der Waals surface area contributed by atoms with Gasteiger partial charge in [-0.05, 0) is 56.3 Å². The normalized spacial score (nSPS) is 14.6. The monoisotopic (exact) mass is 436 g/mol. The average molecular weight is 437 g/mol. The highest BCUT2D eigenvalue weighted by molar-refractivity contribution is 6.31. The molecule has 5 nitrogen and oxygen atoms in total. The van der Waals surface area contributed by atoms with Crippen molar-refractivity contribution in [1.82, 2.24) is 10.2 Å². The topological polar surface area (TPSA) is 43.0 Å². The first-order valence-corrected chi connectivity index (χ1v) is 10.9. The molecule has 1 heterocycles. The maximum absolute atomic E-state index is 14.0. The van der Waals surface area contributed by atoms with Gasteiger partial charge in [0.1, 0.15) is 12.4 Å². The van der Waals surface area contributed by atoms with Gasteiger partial charge in [0.05, 0.1) is 24.8 Å². The summed E-state index contributed by atoms with van der Waals surface area (Å²) in [5.74, 6) is 0.850. The van der Waals surface area contributed by atoms with E-state index in [1.165, 1.54) is 6.07 Å². The molecule has 1 saturated heterocycles. The van der Waals surface area contributed by atoms with Crippen molar-refractivity contribution in [2.24, 2.45) is 0 Å².